The molecule has 0 radical (unpaired) electrons. The van der Waals surface area contributed by atoms with Crippen molar-refractivity contribution in [2.24, 2.45) is 0 Å². The van der Waals surface area contributed by atoms with Gasteiger partial charge < -0.3 is 14.7 Å². The maximum atomic E-state index is 13.1. The first kappa shape index (κ1) is 18.9. The summed E-state index contributed by atoms with van der Waals surface area (Å²) in [5.41, 5.74) is 1.60. The van der Waals surface area contributed by atoms with E-state index in [1.54, 1.807) is 48.2 Å². The van der Waals surface area contributed by atoms with Crippen LogP contribution in [0.1, 0.15) is 44.0 Å². The van der Waals surface area contributed by atoms with Gasteiger partial charge in [0.25, 0.3) is 5.91 Å². The summed E-state index contributed by atoms with van der Waals surface area (Å²) in [7, 11) is 0. The maximum Gasteiger partial charge on any atom is 0.260 e. The van der Waals surface area contributed by atoms with E-state index in [9.17, 15) is 14.3 Å². The highest BCUT2D eigenvalue weighted by atomic mass is 19.1. The van der Waals surface area contributed by atoms with Crippen molar-refractivity contribution in [2.45, 2.75) is 32.9 Å². The fourth-order valence-corrected chi connectivity index (χ4v) is 2.68. The Morgan fingerprint density at radius 2 is 1.84 bits per heavy atom. The number of ether oxygens (including phenoxy) is 1. The molecule has 0 fully saturated rings. The van der Waals surface area contributed by atoms with E-state index in [0.717, 1.165) is 11.1 Å². The summed E-state index contributed by atoms with van der Waals surface area (Å²) in [6.07, 6.45) is -0.593. The van der Waals surface area contributed by atoms with Crippen LogP contribution in [0.4, 0.5) is 4.39 Å². The summed E-state index contributed by atoms with van der Waals surface area (Å²) in [6.45, 7) is 5.90. The van der Waals surface area contributed by atoms with Gasteiger partial charge in [-0.15, -0.1) is 0 Å². The van der Waals surface area contributed by atoms with Crippen molar-refractivity contribution in [1.29, 1.82) is 0 Å². The van der Waals surface area contributed by atoms with Crippen molar-refractivity contribution < 1.29 is 19.0 Å². The molecule has 4 nitrogen and oxygen atoms in total. The lowest BCUT2D eigenvalue weighted by Gasteiger charge is -2.28. The van der Waals surface area contributed by atoms with Crippen molar-refractivity contribution in [1.82, 2.24) is 4.90 Å². The van der Waals surface area contributed by atoms with Gasteiger partial charge in [0, 0.05) is 6.54 Å². The molecule has 2 aromatic rings. The van der Waals surface area contributed by atoms with Crippen LogP contribution in [0, 0.1) is 5.82 Å². The van der Waals surface area contributed by atoms with Gasteiger partial charge in [-0.2, -0.15) is 0 Å². The molecule has 0 aliphatic heterocycles. The van der Waals surface area contributed by atoms with E-state index in [4.69, 9.17) is 4.74 Å². The van der Waals surface area contributed by atoms with E-state index in [0.29, 0.717) is 12.3 Å². The van der Waals surface area contributed by atoms with Crippen LogP contribution in [0.2, 0.25) is 0 Å². The number of amides is 1. The van der Waals surface area contributed by atoms with Gasteiger partial charge in [0.05, 0.1) is 12.1 Å². The molecule has 25 heavy (non-hydrogen) atoms. The largest absolute Gasteiger partial charge is 0.484 e. The van der Waals surface area contributed by atoms with E-state index < -0.39 is 6.10 Å². The maximum absolute atomic E-state index is 13.1. The molecule has 0 saturated carbocycles. The van der Waals surface area contributed by atoms with Gasteiger partial charge in [0.2, 0.25) is 0 Å². The first-order valence-corrected chi connectivity index (χ1v) is 8.38. The second-order valence-electron chi connectivity index (χ2n) is 5.94. The molecular weight excluding hydrogens is 321 g/mol. The molecule has 0 aromatic heterocycles. The Kier molecular flexibility index (Phi) is 6.53. The van der Waals surface area contributed by atoms with E-state index in [-0.39, 0.29) is 24.4 Å². The van der Waals surface area contributed by atoms with Crippen molar-refractivity contribution >= 4 is 5.91 Å². The van der Waals surface area contributed by atoms with Crippen LogP contribution >= 0.6 is 0 Å². The summed E-state index contributed by atoms with van der Waals surface area (Å²) in [6, 6.07) is 13.0. The number of halogens is 1. The average Bonchev–Trinajstić information content (AvgIpc) is 2.61. The first-order chi connectivity index (χ1) is 11.9. The monoisotopic (exact) mass is 345 g/mol. The molecule has 0 heterocycles. The number of carbonyl (C=O) groups excluding carboxylic acids is 1. The molecule has 0 aliphatic rings. The quantitative estimate of drug-likeness (QED) is 0.829. The number of aliphatic hydroxyl groups excluding tert-OH is 1. The molecule has 0 saturated heterocycles. The summed E-state index contributed by atoms with van der Waals surface area (Å²) < 4.78 is 18.7. The number of hydrogen-bond acceptors (Lipinski definition) is 3. The molecule has 0 bridgehead atoms. The van der Waals surface area contributed by atoms with Crippen LogP contribution in [0.25, 0.3) is 0 Å². The van der Waals surface area contributed by atoms with E-state index in [1.165, 1.54) is 12.1 Å². The zero-order valence-electron chi connectivity index (χ0n) is 14.8. The second-order valence-corrected chi connectivity index (χ2v) is 5.94. The fraction of sp³-hybridized carbons (Fsp3) is 0.350. The van der Waals surface area contributed by atoms with Crippen molar-refractivity contribution in [3.8, 4) is 5.75 Å². The van der Waals surface area contributed by atoms with E-state index in [1.807, 2.05) is 13.8 Å². The molecule has 1 N–H and O–H groups in total. The molecule has 2 unspecified atom stereocenters. The number of hydrogen-bond donors (Lipinski definition) is 1. The summed E-state index contributed by atoms with van der Waals surface area (Å²) in [5, 5.41) is 9.61. The predicted molar refractivity (Wildman–Crippen MR) is 94.8 cm³/mol. The molecule has 134 valence electrons. The highest BCUT2D eigenvalue weighted by molar-refractivity contribution is 5.78. The van der Waals surface area contributed by atoms with Crippen molar-refractivity contribution in [3.63, 3.8) is 0 Å². The smallest absolute Gasteiger partial charge is 0.260 e. The summed E-state index contributed by atoms with van der Waals surface area (Å²) >= 11 is 0. The Labute approximate surface area is 147 Å². The normalized spacial score (nSPS) is 13.2. The number of nitrogens with zero attached hydrogens (tertiary/aromatic N) is 1. The molecule has 1 amide bonds. The van der Waals surface area contributed by atoms with Gasteiger partial charge >= 0.3 is 0 Å². The third kappa shape index (κ3) is 5.03. The van der Waals surface area contributed by atoms with Gasteiger partial charge in [-0.3, -0.25) is 4.79 Å². The minimum absolute atomic E-state index is 0.0946. The van der Waals surface area contributed by atoms with Gasteiger partial charge in [-0.05, 0) is 56.2 Å². The summed E-state index contributed by atoms with van der Waals surface area (Å²) in [5.74, 6) is 0.0886. The zero-order valence-corrected chi connectivity index (χ0v) is 14.8. The Hall–Kier alpha value is -2.40. The minimum Gasteiger partial charge on any atom is -0.484 e. The van der Waals surface area contributed by atoms with E-state index in [2.05, 4.69) is 0 Å². The minimum atomic E-state index is -0.593. The highest BCUT2D eigenvalue weighted by Crippen LogP contribution is 2.22. The van der Waals surface area contributed by atoms with E-state index >= 15 is 0 Å². The molecule has 2 rings (SSSR count). The van der Waals surface area contributed by atoms with Crippen LogP contribution in [-0.2, 0) is 4.79 Å². The number of aliphatic hydroxyl groups is 1. The van der Waals surface area contributed by atoms with Gasteiger partial charge in [-0.25, -0.2) is 4.39 Å². The molecular formula is C20H24FNO3. The second kappa shape index (κ2) is 8.62. The van der Waals surface area contributed by atoms with Crippen molar-refractivity contribution in [2.75, 3.05) is 13.2 Å². The van der Waals surface area contributed by atoms with Gasteiger partial charge in [-0.1, -0.05) is 24.3 Å². The third-order valence-corrected chi connectivity index (χ3v) is 4.18. The van der Waals surface area contributed by atoms with Crippen LogP contribution in [0.5, 0.6) is 5.75 Å². The lowest BCUT2D eigenvalue weighted by Crippen LogP contribution is -2.36. The van der Waals surface area contributed by atoms with Crippen LogP contribution in [0.3, 0.4) is 0 Å². The Bertz CT molecular complexity index is 700. The Morgan fingerprint density at radius 3 is 2.44 bits per heavy atom. The molecule has 2 aromatic carbocycles. The lowest BCUT2D eigenvalue weighted by atomic mass is 10.1. The van der Waals surface area contributed by atoms with Crippen LogP contribution < -0.4 is 4.74 Å². The first-order valence-electron chi connectivity index (χ1n) is 8.38. The molecule has 0 aliphatic carbocycles. The van der Waals surface area contributed by atoms with Crippen molar-refractivity contribution in [3.05, 3.63) is 65.5 Å². The fourth-order valence-electron chi connectivity index (χ4n) is 2.68. The topological polar surface area (TPSA) is 49.8 Å². The standard InChI is InChI=1S/C20H24FNO3/c1-4-22(14(2)16-8-10-18(21)11-9-16)20(24)13-25-19-7-5-6-17(12-19)15(3)23/h5-12,14-15,23H,4,13H2,1-3H3. The number of carbonyl (C=O) groups is 1. The van der Waals surface area contributed by atoms with Crippen LogP contribution in [0.15, 0.2) is 48.5 Å². The number of rotatable bonds is 7. The van der Waals surface area contributed by atoms with Gasteiger partial charge in [0.15, 0.2) is 6.61 Å². The van der Waals surface area contributed by atoms with Gasteiger partial charge in [0.1, 0.15) is 11.6 Å². The predicted octanol–water partition coefficient (Wildman–Crippen LogP) is 3.87. The SMILES string of the molecule is CCN(C(=O)COc1cccc(C(C)O)c1)C(C)c1ccc(F)cc1. The Morgan fingerprint density at radius 1 is 1.16 bits per heavy atom. The molecule has 5 heteroatoms. The number of benzene rings is 2. The third-order valence-electron chi connectivity index (χ3n) is 4.18. The molecule has 2 atom stereocenters. The number of likely N-dealkylation sites (N-methyl/N-ethyl adjacent to an activating group) is 1. The zero-order chi connectivity index (χ0) is 18.4. The average molecular weight is 345 g/mol. The van der Waals surface area contributed by atoms with Crippen LogP contribution in [-0.4, -0.2) is 29.1 Å². The molecule has 0 spiro atoms. The lowest BCUT2D eigenvalue weighted by molar-refractivity contribution is -0.135. The summed E-state index contributed by atoms with van der Waals surface area (Å²) in [4.78, 5) is 14.2. The highest BCUT2D eigenvalue weighted by Gasteiger charge is 2.20. The Balaban J connectivity index is 2.02.